The highest BCUT2D eigenvalue weighted by Crippen LogP contribution is 2.37. The van der Waals surface area contributed by atoms with Gasteiger partial charge in [-0.05, 0) is 63.0 Å². The number of rotatable bonds is 10. The minimum atomic E-state index is 0.471. The number of methoxy groups -OCH3 is 1. The molecule has 0 bridgehead atoms. The minimum Gasteiger partial charge on any atom is -0.493 e. The van der Waals surface area contributed by atoms with Gasteiger partial charge in [0.1, 0.15) is 6.61 Å². The molecule has 0 aliphatic rings. The first-order chi connectivity index (χ1) is 14.1. The largest absolute Gasteiger partial charge is 0.493 e. The van der Waals surface area contributed by atoms with Gasteiger partial charge in [-0.1, -0.05) is 48.3 Å². The summed E-state index contributed by atoms with van der Waals surface area (Å²) in [6.45, 7) is 6.05. The Balaban J connectivity index is 1.67. The standard InChI is InChI=1S/C21H26BrN5O2/c1-4-5-10-27-21(24-25-26-27)23-13-17-11-18(22)20(19(12-17)28-3)29-14-16-8-6-15(2)7-9-16/h6-9,11-12H,4-5,10,13-14H2,1-3H3,(H,23,24,26). The molecule has 1 aromatic heterocycles. The van der Waals surface area contributed by atoms with E-state index >= 15 is 0 Å². The molecule has 1 N–H and O–H groups in total. The van der Waals surface area contributed by atoms with E-state index in [1.807, 2.05) is 12.1 Å². The van der Waals surface area contributed by atoms with E-state index in [9.17, 15) is 0 Å². The second kappa shape index (κ2) is 10.2. The van der Waals surface area contributed by atoms with Crippen LogP contribution in [-0.4, -0.2) is 27.3 Å². The van der Waals surface area contributed by atoms with E-state index in [0.29, 0.717) is 30.6 Å². The fraction of sp³-hybridized carbons (Fsp3) is 0.381. The van der Waals surface area contributed by atoms with E-state index in [2.05, 4.69) is 74.9 Å². The van der Waals surface area contributed by atoms with Crippen LogP contribution < -0.4 is 14.8 Å². The van der Waals surface area contributed by atoms with Crippen molar-refractivity contribution in [2.45, 2.75) is 46.4 Å². The SMILES string of the molecule is CCCCn1nnnc1NCc1cc(Br)c(OCc2ccc(C)cc2)c(OC)c1. The predicted molar refractivity (Wildman–Crippen MR) is 116 cm³/mol. The number of benzene rings is 2. The van der Waals surface area contributed by atoms with Crippen molar-refractivity contribution in [3.63, 3.8) is 0 Å². The Morgan fingerprint density at radius 3 is 2.66 bits per heavy atom. The Labute approximate surface area is 179 Å². The minimum absolute atomic E-state index is 0.471. The lowest BCUT2D eigenvalue weighted by atomic mass is 10.1. The van der Waals surface area contributed by atoms with Crippen LogP contribution in [0.25, 0.3) is 0 Å². The van der Waals surface area contributed by atoms with Crippen LogP contribution >= 0.6 is 15.9 Å². The summed E-state index contributed by atoms with van der Waals surface area (Å²) < 4.78 is 14.2. The summed E-state index contributed by atoms with van der Waals surface area (Å²) in [7, 11) is 1.64. The van der Waals surface area contributed by atoms with E-state index in [-0.39, 0.29) is 0 Å². The number of nitrogens with zero attached hydrogens (tertiary/aromatic N) is 4. The van der Waals surface area contributed by atoms with Crippen LogP contribution in [0.3, 0.4) is 0 Å². The third kappa shape index (κ3) is 5.69. The number of hydrogen-bond donors (Lipinski definition) is 1. The number of halogens is 1. The molecule has 0 saturated carbocycles. The number of anilines is 1. The molecule has 0 amide bonds. The van der Waals surface area contributed by atoms with Gasteiger partial charge in [0.05, 0.1) is 11.6 Å². The van der Waals surface area contributed by atoms with Crippen molar-refractivity contribution >= 4 is 21.9 Å². The topological polar surface area (TPSA) is 74.1 Å². The zero-order chi connectivity index (χ0) is 20.6. The van der Waals surface area contributed by atoms with Gasteiger partial charge in [-0.2, -0.15) is 0 Å². The molecule has 0 fully saturated rings. The first-order valence-electron chi connectivity index (χ1n) is 9.65. The molecule has 0 radical (unpaired) electrons. The van der Waals surface area contributed by atoms with Gasteiger partial charge in [0.15, 0.2) is 11.5 Å². The van der Waals surface area contributed by atoms with Crippen LogP contribution in [0.1, 0.15) is 36.5 Å². The van der Waals surface area contributed by atoms with E-state index in [4.69, 9.17) is 9.47 Å². The van der Waals surface area contributed by atoms with Crippen LogP contribution in [0.4, 0.5) is 5.95 Å². The summed E-state index contributed by atoms with van der Waals surface area (Å²) in [6, 6.07) is 12.3. The Morgan fingerprint density at radius 2 is 1.93 bits per heavy atom. The van der Waals surface area contributed by atoms with Gasteiger partial charge in [0.2, 0.25) is 5.95 Å². The monoisotopic (exact) mass is 459 g/mol. The maximum Gasteiger partial charge on any atom is 0.243 e. The fourth-order valence-corrected chi connectivity index (χ4v) is 3.43. The zero-order valence-corrected chi connectivity index (χ0v) is 18.6. The maximum absolute atomic E-state index is 6.02. The Bertz CT molecular complexity index is 927. The highest BCUT2D eigenvalue weighted by Gasteiger charge is 2.13. The smallest absolute Gasteiger partial charge is 0.243 e. The van der Waals surface area contributed by atoms with Gasteiger partial charge in [-0.15, -0.1) is 0 Å². The quantitative estimate of drug-likeness (QED) is 0.471. The van der Waals surface area contributed by atoms with Gasteiger partial charge in [0.25, 0.3) is 0 Å². The Kier molecular flexibility index (Phi) is 7.46. The molecule has 0 aliphatic carbocycles. The first kappa shape index (κ1) is 21.1. The highest BCUT2D eigenvalue weighted by molar-refractivity contribution is 9.10. The molecule has 7 nitrogen and oxygen atoms in total. The number of nitrogens with one attached hydrogen (secondary N) is 1. The lowest BCUT2D eigenvalue weighted by Gasteiger charge is -2.15. The molecule has 2 aromatic carbocycles. The van der Waals surface area contributed by atoms with Crippen LogP contribution in [0.5, 0.6) is 11.5 Å². The molecule has 0 atom stereocenters. The van der Waals surface area contributed by atoms with E-state index in [1.165, 1.54) is 5.56 Å². The number of ether oxygens (including phenoxy) is 2. The van der Waals surface area contributed by atoms with Crippen molar-refractivity contribution in [1.82, 2.24) is 20.2 Å². The Hall–Kier alpha value is -2.61. The summed E-state index contributed by atoms with van der Waals surface area (Å²) in [5.74, 6) is 2.02. The molecule has 0 spiro atoms. The molecular weight excluding hydrogens is 434 g/mol. The van der Waals surface area contributed by atoms with Gasteiger partial charge in [-0.3, -0.25) is 0 Å². The third-order valence-electron chi connectivity index (χ3n) is 4.50. The number of aromatic nitrogens is 4. The second-order valence-electron chi connectivity index (χ2n) is 6.82. The second-order valence-corrected chi connectivity index (χ2v) is 7.67. The van der Waals surface area contributed by atoms with Crippen molar-refractivity contribution in [1.29, 1.82) is 0 Å². The number of aryl methyl sites for hydroxylation is 2. The van der Waals surface area contributed by atoms with Crippen molar-refractivity contribution in [3.8, 4) is 11.5 Å². The summed E-state index contributed by atoms with van der Waals surface area (Å²) in [6.07, 6.45) is 2.12. The van der Waals surface area contributed by atoms with Gasteiger partial charge in [0, 0.05) is 13.1 Å². The molecule has 1 heterocycles. The summed E-state index contributed by atoms with van der Waals surface area (Å²) >= 11 is 3.61. The normalized spacial score (nSPS) is 10.8. The summed E-state index contributed by atoms with van der Waals surface area (Å²) in [5.41, 5.74) is 3.36. The Morgan fingerprint density at radius 1 is 1.14 bits per heavy atom. The molecule has 0 aliphatic heterocycles. The molecule has 154 valence electrons. The summed E-state index contributed by atoms with van der Waals surface area (Å²) in [4.78, 5) is 0. The van der Waals surface area contributed by atoms with Crippen molar-refractivity contribution in [3.05, 3.63) is 57.6 Å². The van der Waals surface area contributed by atoms with Gasteiger partial charge >= 0.3 is 0 Å². The molecule has 3 rings (SSSR count). The molecule has 0 saturated heterocycles. The molecule has 3 aromatic rings. The van der Waals surface area contributed by atoms with Crippen molar-refractivity contribution in [2.24, 2.45) is 0 Å². The average Bonchev–Trinajstić information content (AvgIpc) is 3.18. The van der Waals surface area contributed by atoms with Crippen LogP contribution in [-0.2, 0) is 19.7 Å². The molecule has 8 heteroatoms. The lowest BCUT2D eigenvalue weighted by molar-refractivity contribution is 0.282. The van der Waals surface area contributed by atoms with Gasteiger partial charge < -0.3 is 14.8 Å². The van der Waals surface area contributed by atoms with E-state index in [1.54, 1.807) is 11.8 Å². The number of unbranched alkanes of at least 4 members (excludes halogenated alkanes) is 1. The van der Waals surface area contributed by atoms with Crippen molar-refractivity contribution in [2.75, 3.05) is 12.4 Å². The highest BCUT2D eigenvalue weighted by atomic mass is 79.9. The molecule has 29 heavy (non-hydrogen) atoms. The van der Waals surface area contributed by atoms with E-state index < -0.39 is 0 Å². The average molecular weight is 460 g/mol. The van der Waals surface area contributed by atoms with Gasteiger partial charge in [-0.25, -0.2) is 4.68 Å². The maximum atomic E-state index is 6.02. The van der Waals surface area contributed by atoms with Crippen LogP contribution in [0.2, 0.25) is 0 Å². The predicted octanol–water partition coefficient (Wildman–Crippen LogP) is 4.74. The first-order valence-corrected chi connectivity index (χ1v) is 10.4. The fourth-order valence-electron chi connectivity index (χ4n) is 2.83. The molecule has 0 unspecified atom stereocenters. The lowest BCUT2D eigenvalue weighted by Crippen LogP contribution is -2.09. The van der Waals surface area contributed by atoms with E-state index in [0.717, 1.165) is 35.0 Å². The third-order valence-corrected chi connectivity index (χ3v) is 5.09. The zero-order valence-electron chi connectivity index (χ0n) is 17.0. The van der Waals surface area contributed by atoms with Crippen molar-refractivity contribution < 1.29 is 9.47 Å². The van der Waals surface area contributed by atoms with Crippen LogP contribution in [0.15, 0.2) is 40.9 Å². The number of tetrazole rings is 1. The molecular formula is C21H26BrN5O2. The summed E-state index contributed by atoms with van der Waals surface area (Å²) in [5, 5.41) is 15.1. The van der Waals surface area contributed by atoms with Crippen LogP contribution in [0, 0.1) is 6.92 Å². The number of hydrogen-bond acceptors (Lipinski definition) is 6.